The van der Waals surface area contributed by atoms with Gasteiger partial charge in [0.05, 0.1) is 18.2 Å². The van der Waals surface area contributed by atoms with E-state index in [1.807, 2.05) is 55.5 Å². The number of ether oxygens (including phenoxy) is 1. The Balaban J connectivity index is 1.70. The van der Waals surface area contributed by atoms with E-state index in [1.165, 1.54) is 0 Å². The third-order valence-electron chi connectivity index (χ3n) is 6.08. The van der Waals surface area contributed by atoms with Crippen LogP contribution in [-0.2, 0) is 11.3 Å². The van der Waals surface area contributed by atoms with Gasteiger partial charge in [0.15, 0.2) is 0 Å². The lowest BCUT2D eigenvalue weighted by molar-refractivity contribution is 0.183. The Kier molecular flexibility index (Phi) is 6.87. The van der Waals surface area contributed by atoms with Crippen LogP contribution < -0.4 is 10.5 Å². The van der Waals surface area contributed by atoms with Crippen LogP contribution in [0.1, 0.15) is 22.9 Å². The molecule has 7 heteroatoms. The zero-order chi connectivity index (χ0) is 22.5. The lowest BCUT2D eigenvalue weighted by Crippen LogP contribution is -2.49. The number of aryl methyl sites for hydroxylation is 1. The molecule has 7 nitrogen and oxygen atoms in total. The normalized spacial score (nSPS) is 15.6. The molecule has 0 radical (unpaired) electrons. The number of pyridine rings is 2. The molecule has 4 rings (SSSR count). The molecule has 1 saturated heterocycles. The second-order valence-electron chi connectivity index (χ2n) is 8.06. The van der Waals surface area contributed by atoms with Gasteiger partial charge in [-0.2, -0.15) is 0 Å². The van der Waals surface area contributed by atoms with Crippen LogP contribution in [0.4, 0.5) is 5.82 Å². The molecule has 0 bridgehead atoms. The van der Waals surface area contributed by atoms with Crippen molar-refractivity contribution >= 4 is 5.82 Å². The zero-order valence-electron chi connectivity index (χ0n) is 18.6. The highest BCUT2D eigenvalue weighted by atomic mass is 16.5. The smallest absolute Gasteiger partial charge is 0.259 e. The summed E-state index contributed by atoms with van der Waals surface area (Å²) in [5, 5.41) is 10.9. The van der Waals surface area contributed by atoms with E-state index < -0.39 is 0 Å². The fraction of sp³-hybridized carbons (Fsp3) is 0.360. The molecule has 168 valence electrons. The van der Waals surface area contributed by atoms with Crippen LogP contribution in [0.3, 0.4) is 0 Å². The fourth-order valence-electron chi connectivity index (χ4n) is 4.43. The molecule has 0 saturated carbocycles. The Hall–Kier alpha value is -3.16. The number of hydrogen-bond acceptors (Lipinski definition) is 6. The van der Waals surface area contributed by atoms with Gasteiger partial charge in [0, 0.05) is 51.7 Å². The Morgan fingerprint density at radius 1 is 1.06 bits per heavy atom. The molecule has 0 amide bonds. The summed E-state index contributed by atoms with van der Waals surface area (Å²) in [5.74, 6) is 1.01. The van der Waals surface area contributed by atoms with Crippen molar-refractivity contribution in [2.24, 2.45) is 0 Å². The summed E-state index contributed by atoms with van der Waals surface area (Å²) in [6.45, 7) is 5.81. The maximum absolute atomic E-state index is 13.6. The molecule has 32 heavy (non-hydrogen) atoms. The van der Waals surface area contributed by atoms with Gasteiger partial charge in [0.25, 0.3) is 5.56 Å². The molecule has 1 aromatic carbocycles. The van der Waals surface area contributed by atoms with E-state index in [4.69, 9.17) is 4.74 Å². The topological polar surface area (TPSA) is 70.8 Å². The average molecular weight is 435 g/mol. The minimum Gasteiger partial charge on any atom is -0.507 e. The summed E-state index contributed by atoms with van der Waals surface area (Å²) >= 11 is 0. The monoisotopic (exact) mass is 434 g/mol. The predicted octanol–water partition coefficient (Wildman–Crippen LogP) is 2.82. The number of anilines is 1. The Labute approximate surface area is 188 Å². The standard InChI is InChI=1S/C25H30N4O3/c1-19-18-21(30)23(25(31)29(19)16-17-32-2)24(20-8-4-3-5-9-20)28-14-12-27(13-15-28)22-10-6-7-11-26-22/h3-11,18,24,30H,12-17H2,1-2H3/t24-/m0/s1. The highest BCUT2D eigenvalue weighted by molar-refractivity contribution is 5.42. The Morgan fingerprint density at radius 3 is 2.44 bits per heavy atom. The van der Waals surface area contributed by atoms with Gasteiger partial charge in [0.2, 0.25) is 0 Å². The number of aromatic hydroxyl groups is 1. The first-order valence-electron chi connectivity index (χ1n) is 11.0. The quantitative estimate of drug-likeness (QED) is 0.617. The molecule has 3 heterocycles. The largest absolute Gasteiger partial charge is 0.507 e. The van der Waals surface area contributed by atoms with Crippen LogP contribution >= 0.6 is 0 Å². The highest BCUT2D eigenvalue weighted by Crippen LogP contribution is 2.33. The van der Waals surface area contributed by atoms with Crippen molar-refractivity contribution in [3.05, 3.63) is 88.0 Å². The van der Waals surface area contributed by atoms with E-state index in [1.54, 1.807) is 23.9 Å². The number of aromatic nitrogens is 2. The SMILES string of the molecule is COCCn1c(C)cc(O)c([C@H](c2ccccc2)N2CCN(c3ccccn3)CC2)c1=O. The van der Waals surface area contributed by atoms with E-state index in [2.05, 4.69) is 14.8 Å². The molecular formula is C25H30N4O3. The van der Waals surface area contributed by atoms with Crippen molar-refractivity contribution in [1.29, 1.82) is 0 Å². The van der Waals surface area contributed by atoms with Gasteiger partial charge in [-0.25, -0.2) is 4.98 Å². The van der Waals surface area contributed by atoms with Crippen molar-refractivity contribution in [2.45, 2.75) is 19.5 Å². The van der Waals surface area contributed by atoms with Crippen LogP contribution in [0, 0.1) is 6.92 Å². The summed E-state index contributed by atoms with van der Waals surface area (Å²) < 4.78 is 6.89. The average Bonchev–Trinajstić information content (AvgIpc) is 2.83. The second-order valence-corrected chi connectivity index (χ2v) is 8.06. The third-order valence-corrected chi connectivity index (χ3v) is 6.08. The van der Waals surface area contributed by atoms with E-state index in [9.17, 15) is 9.90 Å². The maximum atomic E-state index is 13.6. The molecule has 1 N–H and O–H groups in total. The van der Waals surface area contributed by atoms with Gasteiger partial charge in [-0.15, -0.1) is 0 Å². The van der Waals surface area contributed by atoms with Crippen LogP contribution in [0.5, 0.6) is 5.75 Å². The van der Waals surface area contributed by atoms with E-state index in [0.29, 0.717) is 18.7 Å². The molecule has 1 fully saturated rings. The third kappa shape index (κ3) is 4.54. The van der Waals surface area contributed by atoms with Crippen molar-refractivity contribution in [2.75, 3.05) is 44.8 Å². The van der Waals surface area contributed by atoms with Gasteiger partial charge in [-0.3, -0.25) is 9.69 Å². The first-order chi connectivity index (χ1) is 15.6. The lowest BCUT2D eigenvalue weighted by atomic mass is 9.96. The summed E-state index contributed by atoms with van der Waals surface area (Å²) in [4.78, 5) is 22.6. The zero-order valence-corrected chi connectivity index (χ0v) is 18.6. The van der Waals surface area contributed by atoms with E-state index in [0.717, 1.165) is 43.3 Å². The fourth-order valence-corrected chi connectivity index (χ4v) is 4.43. The summed E-state index contributed by atoms with van der Waals surface area (Å²) in [6, 6.07) is 17.2. The molecule has 0 aliphatic carbocycles. The van der Waals surface area contributed by atoms with Crippen molar-refractivity contribution < 1.29 is 9.84 Å². The summed E-state index contributed by atoms with van der Waals surface area (Å²) in [5.41, 5.74) is 1.97. The summed E-state index contributed by atoms with van der Waals surface area (Å²) in [6.07, 6.45) is 1.81. The summed E-state index contributed by atoms with van der Waals surface area (Å²) in [7, 11) is 1.62. The van der Waals surface area contributed by atoms with Crippen LogP contribution in [0.2, 0.25) is 0 Å². The van der Waals surface area contributed by atoms with Crippen LogP contribution in [-0.4, -0.2) is 59.5 Å². The lowest BCUT2D eigenvalue weighted by Gasteiger charge is -2.40. The van der Waals surface area contributed by atoms with Crippen molar-refractivity contribution in [3.8, 4) is 5.75 Å². The Bertz CT molecular complexity index is 1080. The number of hydrogen-bond donors (Lipinski definition) is 1. The van der Waals surface area contributed by atoms with Gasteiger partial charge in [-0.05, 0) is 30.7 Å². The van der Waals surface area contributed by atoms with Gasteiger partial charge in [-0.1, -0.05) is 36.4 Å². The first kappa shape index (κ1) is 22.0. The van der Waals surface area contributed by atoms with Gasteiger partial charge < -0.3 is 19.3 Å². The molecule has 0 unspecified atom stereocenters. The molecule has 3 aromatic rings. The second kappa shape index (κ2) is 9.97. The number of nitrogens with zero attached hydrogens (tertiary/aromatic N) is 4. The van der Waals surface area contributed by atoms with Crippen molar-refractivity contribution in [1.82, 2.24) is 14.5 Å². The Morgan fingerprint density at radius 2 is 1.78 bits per heavy atom. The molecule has 1 atom stereocenters. The van der Waals surface area contributed by atoms with Crippen molar-refractivity contribution in [3.63, 3.8) is 0 Å². The minimum absolute atomic E-state index is 0.0437. The maximum Gasteiger partial charge on any atom is 0.259 e. The van der Waals surface area contributed by atoms with E-state index in [-0.39, 0.29) is 17.4 Å². The minimum atomic E-state index is -0.330. The van der Waals surface area contributed by atoms with Gasteiger partial charge in [0.1, 0.15) is 11.6 Å². The molecule has 1 aliphatic rings. The molecule has 0 spiro atoms. The molecule has 2 aromatic heterocycles. The molecule has 1 aliphatic heterocycles. The predicted molar refractivity (Wildman–Crippen MR) is 125 cm³/mol. The van der Waals surface area contributed by atoms with E-state index >= 15 is 0 Å². The number of piperazine rings is 1. The number of rotatable bonds is 7. The molecular weight excluding hydrogens is 404 g/mol. The first-order valence-corrected chi connectivity index (χ1v) is 11.0. The highest BCUT2D eigenvalue weighted by Gasteiger charge is 2.31. The number of benzene rings is 1. The van der Waals surface area contributed by atoms with Gasteiger partial charge >= 0.3 is 0 Å². The van der Waals surface area contributed by atoms with Crippen LogP contribution in [0.15, 0.2) is 65.6 Å². The van der Waals surface area contributed by atoms with Crippen LogP contribution in [0.25, 0.3) is 0 Å². The number of methoxy groups -OCH3 is 1.